The largest absolute Gasteiger partial charge is 0.396 e. The van der Waals surface area contributed by atoms with Crippen LogP contribution in [0.15, 0.2) is 23.6 Å². The molecule has 0 fully saturated rings. The fraction of sp³-hybridized carbons (Fsp3) is 0.429. The monoisotopic (exact) mass is 300 g/mol. The van der Waals surface area contributed by atoms with Crippen molar-refractivity contribution in [3.8, 4) is 0 Å². The molecule has 0 amide bonds. The SMILES string of the molecule is C=CCN(C(C)C)S(=O)(=O)c1c(C)cc(F)c(N)c1C. The molecule has 4 nitrogen and oxygen atoms in total. The highest BCUT2D eigenvalue weighted by atomic mass is 32.2. The Bertz CT molecular complexity index is 625. The van der Waals surface area contributed by atoms with Gasteiger partial charge in [0.15, 0.2) is 0 Å². The maximum Gasteiger partial charge on any atom is 0.244 e. The lowest BCUT2D eigenvalue weighted by Gasteiger charge is -2.26. The van der Waals surface area contributed by atoms with Crippen molar-refractivity contribution >= 4 is 15.7 Å². The molecule has 0 spiro atoms. The topological polar surface area (TPSA) is 63.4 Å². The van der Waals surface area contributed by atoms with E-state index in [0.717, 1.165) is 6.07 Å². The Morgan fingerprint density at radius 3 is 2.45 bits per heavy atom. The normalized spacial score (nSPS) is 12.2. The van der Waals surface area contributed by atoms with Crippen molar-refractivity contribution in [3.63, 3.8) is 0 Å². The summed E-state index contributed by atoms with van der Waals surface area (Å²) in [5, 5.41) is 0. The van der Waals surface area contributed by atoms with Crippen LogP contribution in [0.2, 0.25) is 0 Å². The summed E-state index contributed by atoms with van der Waals surface area (Å²) in [7, 11) is -3.75. The summed E-state index contributed by atoms with van der Waals surface area (Å²) in [6.07, 6.45) is 1.52. The van der Waals surface area contributed by atoms with Gasteiger partial charge in [0, 0.05) is 12.6 Å². The first-order valence-electron chi connectivity index (χ1n) is 6.32. The number of nitrogen functional groups attached to an aromatic ring is 1. The highest BCUT2D eigenvalue weighted by Crippen LogP contribution is 2.30. The van der Waals surface area contributed by atoms with E-state index in [9.17, 15) is 12.8 Å². The zero-order valence-corrected chi connectivity index (χ0v) is 13.1. The van der Waals surface area contributed by atoms with Gasteiger partial charge in [-0.05, 0) is 44.9 Å². The third-order valence-electron chi connectivity index (χ3n) is 3.15. The fourth-order valence-corrected chi connectivity index (χ4v) is 4.21. The van der Waals surface area contributed by atoms with E-state index in [1.807, 2.05) is 0 Å². The molecule has 0 radical (unpaired) electrons. The molecule has 0 bridgehead atoms. The third-order valence-corrected chi connectivity index (χ3v) is 5.49. The second kappa shape index (κ2) is 5.93. The Hall–Kier alpha value is -1.40. The first-order valence-corrected chi connectivity index (χ1v) is 7.76. The maximum absolute atomic E-state index is 13.6. The van der Waals surface area contributed by atoms with Crippen molar-refractivity contribution in [1.82, 2.24) is 4.31 Å². The molecule has 0 aliphatic heterocycles. The second-order valence-electron chi connectivity index (χ2n) is 5.00. The van der Waals surface area contributed by atoms with Crippen molar-refractivity contribution in [2.45, 2.75) is 38.6 Å². The molecule has 0 aliphatic carbocycles. The van der Waals surface area contributed by atoms with Crippen molar-refractivity contribution in [2.24, 2.45) is 0 Å². The van der Waals surface area contributed by atoms with Crippen LogP contribution in [0.1, 0.15) is 25.0 Å². The molecule has 0 atom stereocenters. The summed E-state index contributed by atoms with van der Waals surface area (Å²) in [5.74, 6) is -0.598. The minimum absolute atomic E-state index is 0.0759. The number of nitrogens with zero attached hydrogens (tertiary/aromatic N) is 1. The molecule has 112 valence electrons. The van der Waals surface area contributed by atoms with Gasteiger partial charge in [-0.3, -0.25) is 0 Å². The number of nitrogens with two attached hydrogens (primary N) is 1. The summed E-state index contributed by atoms with van der Waals surface area (Å²) in [5.41, 5.74) is 6.09. The zero-order valence-electron chi connectivity index (χ0n) is 12.3. The number of anilines is 1. The van der Waals surface area contributed by atoms with Gasteiger partial charge >= 0.3 is 0 Å². The quantitative estimate of drug-likeness (QED) is 0.671. The van der Waals surface area contributed by atoms with Crippen LogP contribution in [0.25, 0.3) is 0 Å². The first-order chi connectivity index (χ1) is 9.14. The summed E-state index contributed by atoms with van der Waals surface area (Å²) in [4.78, 5) is 0.0759. The molecule has 0 heterocycles. The summed E-state index contributed by atoms with van der Waals surface area (Å²) in [6.45, 7) is 10.4. The summed E-state index contributed by atoms with van der Waals surface area (Å²) in [6, 6.07) is 0.921. The molecule has 0 aliphatic rings. The van der Waals surface area contributed by atoms with E-state index in [1.165, 1.54) is 17.3 Å². The number of hydrogen-bond acceptors (Lipinski definition) is 3. The van der Waals surface area contributed by atoms with Crippen LogP contribution in [-0.4, -0.2) is 25.3 Å². The van der Waals surface area contributed by atoms with Crippen LogP contribution in [0, 0.1) is 19.7 Å². The van der Waals surface area contributed by atoms with Gasteiger partial charge in [-0.25, -0.2) is 12.8 Å². The number of sulfonamides is 1. The van der Waals surface area contributed by atoms with Gasteiger partial charge in [-0.15, -0.1) is 6.58 Å². The van der Waals surface area contributed by atoms with Crippen LogP contribution >= 0.6 is 0 Å². The number of aryl methyl sites for hydroxylation is 1. The first kappa shape index (κ1) is 16.7. The Morgan fingerprint density at radius 2 is 2.00 bits per heavy atom. The predicted octanol–water partition coefficient (Wildman–Crippen LogP) is 2.61. The molecule has 0 unspecified atom stereocenters. The Balaban J connectivity index is 3.57. The number of rotatable bonds is 5. The molecular weight excluding hydrogens is 279 g/mol. The van der Waals surface area contributed by atoms with Gasteiger partial charge in [-0.1, -0.05) is 6.08 Å². The Labute approximate surface area is 120 Å². The lowest BCUT2D eigenvalue weighted by Crippen LogP contribution is -2.37. The number of benzene rings is 1. The van der Waals surface area contributed by atoms with Crippen molar-refractivity contribution in [1.29, 1.82) is 0 Å². The smallest absolute Gasteiger partial charge is 0.244 e. The van der Waals surface area contributed by atoms with Gasteiger partial charge in [0.1, 0.15) is 5.82 Å². The average molecular weight is 300 g/mol. The lowest BCUT2D eigenvalue weighted by molar-refractivity contribution is 0.382. The minimum atomic E-state index is -3.75. The Morgan fingerprint density at radius 1 is 1.45 bits per heavy atom. The van der Waals surface area contributed by atoms with E-state index in [-0.39, 0.29) is 28.7 Å². The average Bonchev–Trinajstić information content (AvgIpc) is 2.32. The van der Waals surface area contributed by atoms with E-state index in [2.05, 4.69) is 6.58 Å². The van der Waals surface area contributed by atoms with Crippen molar-refractivity contribution < 1.29 is 12.8 Å². The fourth-order valence-electron chi connectivity index (χ4n) is 2.16. The molecular formula is C14H21FN2O2S. The van der Waals surface area contributed by atoms with Gasteiger partial charge < -0.3 is 5.73 Å². The van der Waals surface area contributed by atoms with Crippen LogP contribution in [-0.2, 0) is 10.0 Å². The molecule has 6 heteroatoms. The summed E-state index contributed by atoms with van der Waals surface area (Å²) < 4.78 is 40.4. The van der Waals surface area contributed by atoms with Gasteiger partial charge in [-0.2, -0.15) is 4.31 Å². The van der Waals surface area contributed by atoms with E-state index in [4.69, 9.17) is 5.73 Å². The third kappa shape index (κ3) is 2.86. The zero-order chi connectivity index (χ0) is 15.7. The molecule has 1 aromatic rings. The van der Waals surface area contributed by atoms with E-state index in [0.29, 0.717) is 5.56 Å². The van der Waals surface area contributed by atoms with Crippen LogP contribution in [0.3, 0.4) is 0 Å². The lowest BCUT2D eigenvalue weighted by atomic mass is 10.1. The second-order valence-corrected chi connectivity index (χ2v) is 6.83. The predicted molar refractivity (Wildman–Crippen MR) is 79.5 cm³/mol. The maximum atomic E-state index is 13.6. The number of hydrogen-bond donors (Lipinski definition) is 1. The van der Waals surface area contributed by atoms with Crippen LogP contribution < -0.4 is 5.73 Å². The number of halogens is 1. The highest BCUT2D eigenvalue weighted by Gasteiger charge is 2.30. The van der Waals surface area contributed by atoms with Crippen molar-refractivity contribution in [3.05, 3.63) is 35.7 Å². The Kier molecular flexibility index (Phi) is 4.94. The molecule has 2 N–H and O–H groups in total. The minimum Gasteiger partial charge on any atom is -0.396 e. The highest BCUT2D eigenvalue weighted by molar-refractivity contribution is 7.89. The van der Waals surface area contributed by atoms with Crippen LogP contribution in [0.5, 0.6) is 0 Å². The van der Waals surface area contributed by atoms with E-state index in [1.54, 1.807) is 20.8 Å². The van der Waals surface area contributed by atoms with Crippen molar-refractivity contribution in [2.75, 3.05) is 12.3 Å². The molecule has 20 heavy (non-hydrogen) atoms. The molecule has 1 rings (SSSR count). The van der Waals surface area contributed by atoms with Gasteiger partial charge in [0.05, 0.1) is 10.6 Å². The molecule has 0 aromatic heterocycles. The van der Waals surface area contributed by atoms with E-state index < -0.39 is 15.8 Å². The standard InChI is InChI=1S/C14H21FN2O2S/c1-6-7-17(9(2)3)20(18,19)14-10(4)8-12(15)13(16)11(14)5/h6,8-9H,1,7,16H2,2-5H3. The molecule has 1 aromatic carbocycles. The van der Waals surface area contributed by atoms with Crippen LogP contribution in [0.4, 0.5) is 10.1 Å². The molecule has 0 saturated carbocycles. The summed E-state index contributed by atoms with van der Waals surface area (Å²) >= 11 is 0. The molecule has 0 saturated heterocycles. The van der Waals surface area contributed by atoms with E-state index >= 15 is 0 Å². The van der Waals surface area contributed by atoms with Gasteiger partial charge in [0.25, 0.3) is 0 Å². The van der Waals surface area contributed by atoms with Gasteiger partial charge in [0.2, 0.25) is 10.0 Å².